The minimum absolute atomic E-state index is 0.159. The van der Waals surface area contributed by atoms with E-state index >= 15 is 0 Å². The summed E-state index contributed by atoms with van der Waals surface area (Å²) < 4.78 is 14.4. The van der Waals surface area contributed by atoms with E-state index in [0.717, 1.165) is 30.2 Å². The lowest BCUT2D eigenvalue weighted by molar-refractivity contribution is 0.0933. The van der Waals surface area contributed by atoms with Crippen LogP contribution in [0.5, 0.6) is 0 Å². The fraction of sp³-hybridized carbons (Fsp3) is 0.462. The smallest absolute Gasteiger partial charge is 0.254 e. The molecule has 1 aromatic rings. The lowest BCUT2D eigenvalue weighted by atomic mass is 10.1. The van der Waals surface area contributed by atoms with Gasteiger partial charge in [-0.05, 0) is 37.5 Å². The van der Waals surface area contributed by atoms with Crippen molar-refractivity contribution in [3.63, 3.8) is 0 Å². The fourth-order valence-electron chi connectivity index (χ4n) is 2.26. The van der Waals surface area contributed by atoms with Crippen molar-refractivity contribution in [2.45, 2.75) is 38.6 Å². The fourth-order valence-corrected chi connectivity index (χ4v) is 2.59. The molecule has 1 aliphatic rings. The van der Waals surface area contributed by atoms with Crippen LogP contribution in [-0.4, -0.2) is 11.9 Å². The minimum Gasteiger partial charge on any atom is -0.349 e. The zero-order valence-corrected chi connectivity index (χ0v) is 11.3. The lowest BCUT2D eigenvalue weighted by Crippen LogP contribution is -2.33. The molecule has 0 bridgehead atoms. The molecule has 1 aliphatic carbocycles. The summed E-state index contributed by atoms with van der Waals surface area (Å²) >= 11 is 3.31. The summed E-state index contributed by atoms with van der Waals surface area (Å²) in [5.74, 6) is -0.755. The van der Waals surface area contributed by atoms with Gasteiger partial charge >= 0.3 is 0 Å². The first kappa shape index (κ1) is 12.6. The second-order valence-electron chi connectivity index (χ2n) is 4.48. The zero-order valence-electron chi connectivity index (χ0n) is 9.72. The van der Waals surface area contributed by atoms with Crippen LogP contribution in [0.1, 0.15) is 41.6 Å². The minimum atomic E-state index is -0.457. The molecule has 2 nitrogen and oxygen atoms in total. The van der Waals surface area contributed by atoms with E-state index in [0.29, 0.717) is 5.56 Å². The van der Waals surface area contributed by atoms with Gasteiger partial charge in [-0.25, -0.2) is 4.39 Å². The highest BCUT2D eigenvalue weighted by Gasteiger charge is 2.21. The topological polar surface area (TPSA) is 29.1 Å². The number of benzene rings is 1. The molecule has 0 spiro atoms. The van der Waals surface area contributed by atoms with Gasteiger partial charge in [0.15, 0.2) is 0 Å². The third-order valence-corrected chi connectivity index (χ3v) is 4.12. The molecule has 1 aromatic carbocycles. The molecule has 1 amide bonds. The van der Waals surface area contributed by atoms with E-state index in [2.05, 4.69) is 21.2 Å². The first-order valence-corrected chi connectivity index (χ1v) is 6.64. The third kappa shape index (κ3) is 2.68. The monoisotopic (exact) mass is 299 g/mol. The Labute approximate surface area is 109 Å². The molecular weight excluding hydrogens is 285 g/mol. The molecule has 1 fully saturated rings. The van der Waals surface area contributed by atoms with Crippen molar-refractivity contribution < 1.29 is 9.18 Å². The molecule has 0 radical (unpaired) electrons. The third-order valence-electron chi connectivity index (χ3n) is 3.27. The highest BCUT2D eigenvalue weighted by atomic mass is 79.9. The standard InChI is InChI=1S/C13H15BrFNO/c1-8-10(14)6-7-11(15)12(8)13(17)16-9-4-2-3-5-9/h6-7,9H,2-5H2,1H3,(H,16,17). The number of amides is 1. The van der Waals surface area contributed by atoms with Crippen molar-refractivity contribution in [2.24, 2.45) is 0 Å². The summed E-state index contributed by atoms with van der Waals surface area (Å²) in [6, 6.07) is 3.15. The van der Waals surface area contributed by atoms with E-state index in [-0.39, 0.29) is 17.5 Å². The molecule has 0 atom stereocenters. The Kier molecular flexibility index (Phi) is 3.82. The Balaban J connectivity index is 2.21. The predicted octanol–water partition coefficient (Wildman–Crippen LogP) is 3.57. The largest absolute Gasteiger partial charge is 0.349 e. The van der Waals surface area contributed by atoms with Crippen molar-refractivity contribution in [3.8, 4) is 0 Å². The van der Waals surface area contributed by atoms with Crippen molar-refractivity contribution in [1.82, 2.24) is 5.32 Å². The van der Waals surface area contributed by atoms with Gasteiger partial charge in [0.05, 0.1) is 5.56 Å². The first-order valence-electron chi connectivity index (χ1n) is 5.85. The highest BCUT2D eigenvalue weighted by molar-refractivity contribution is 9.10. The maximum absolute atomic E-state index is 13.7. The number of hydrogen-bond donors (Lipinski definition) is 1. The van der Waals surface area contributed by atoms with Gasteiger partial charge in [0, 0.05) is 10.5 Å². The molecule has 0 aliphatic heterocycles. The summed E-state index contributed by atoms with van der Waals surface area (Å²) in [6.07, 6.45) is 4.29. The average molecular weight is 300 g/mol. The van der Waals surface area contributed by atoms with E-state index in [9.17, 15) is 9.18 Å². The summed E-state index contributed by atoms with van der Waals surface area (Å²) in [4.78, 5) is 12.0. The van der Waals surface area contributed by atoms with E-state index in [4.69, 9.17) is 0 Å². The molecular formula is C13H15BrFNO. The number of halogens is 2. The number of rotatable bonds is 2. The van der Waals surface area contributed by atoms with Gasteiger partial charge in [-0.3, -0.25) is 4.79 Å². The summed E-state index contributed by atoms with van der Waals surface area (Å²) in [5.41, 5.74) is 0.812. The second-order valence-corrected chi connectivity index (χ2v) is 5.34. The Bertz CT molecular complexity index is 441. The van der Waals surface area contributed by atoms with Crippen molar-refractivity contribution in [2.75, 3.05) is 0 Å². The van der Waals surface area contributed by atoms with Crippen molar-refractivity contribution in [3.05, 3.63) is 33.5 Å². The summed E-state index contributed by atoms with van der Waals surface area (Å²) in [6.45, 7) is 1.75. The zero-order chi connectivity index (χ0) is 12.4. The molecule has 92 valence electrons. The van der Waals surface area contributed by atoms with Crippen LogP contribution in [0.4, 0.5) is 4.39 Å². The lowest BCUT2D eigenvalue weighted by Gasteiger charge is -2.14. The maximum atomic E-state index is 13.7. The van der Waals surface area contributed by atoms with Crippen LogP contribution in [0.2, 0.25) is 0 Å². The highest BCUT2D eigenvalue weighted by Crippen LogP contribution is 2.23. The van der Waals surface area contributed by atoms with Crippen LogP contribution in [0.15, 0.2) is 16.6 Å². The predicted molar refractivity (Wildman–Crippen MR) is 68.6 cm³/mol. The number of hydrogen-bond acceptors (Lipinski definition) is 1. The molecule has 0 saturated heterocycles. The summed E-state index contributed by atoms with van der Waals surface area (Å²) in [5, 5.41) is 2.90. The van der Waals surface area contributed by atoms with Crippen LogP contribution < -0.4 is 5.32 Å². The number of carbonyl (C=O) groups is 1. The molecule has 2 rings (SSSR count). The van der Waals surface area contributed by atoms with E-state index in [1.165, 1.54) is 6.07 Å². The molecule has 0 heterocycles. The molecule has 1 saturated carbocycles. The van der Waals surface area contributed by atoms with Crippen LogP contribution in [0.3, 0.4) is 0 Å². The average Bonchev–Trinajstić information content (AvgIpc) is 2.77. The Morgan fingerprint density at radius 1 is 1.41 bits per heavy atom. The van der Waals surface area contributed by atoms with Crippen LogP contribution in [0, 0.1) is 12.7 Å². The Morgan fingerprint density at radius 2 is 2.06 bits per heavy atom. The molecule has 0 unspecified atom stereocenters. The second kappa shape index (κ2) is 5.17. The van der Waals surface area contributed by atoms with Gasteiger partial charge in [-0.1, -0.05) is 28.8 Å². The van der Waals surface area contributed by atoms with E-state index in [1.807, 2.05) is 0 Å². The van der Waals surface area contributed by atoms with E-state index in [1.54, 1.807) is 13.0 Å². The van der Waals surface area contributed by atoms with Gasteiger partial charge in [0.1, 0.15) is 5.82 Å². The van der Waals surface area contributed by atoms with Gasteiger partial charge in [-0.15, -0.1) is 0 Å². The number of nitrogens with one attached hydrogen (secondary N) is 1. The number of carbonyl (C=O) groups excluding carboxylic acids is 1. The molecule has 0 aromatic heterocycles. The normalized spacial score (nSPS) is 16.2. The van der Waals surface area contributed by atoms with E-state index < -0.39 is 5.82 Å². The van der Waals surface area contributed by atoms with Gasteiger partial charge in [0.25, 0.3) is 5.91 Å². The van der Waals surface area contributed by atoms with Gasteiger partial charge < -0.3 is 5.32 Å². The maximum Gasteiger partial charge on any atom is 0.254 e. The Morgan fingerprint density at radius 3 is 2.71 bits per heavy atom. The first-order chi connectivity index (χ1) is 8.09. The van der Waals surface area contributed by atoms with Gasteiger partial charge in [0.2, 0.25) is 0 Å². The van der Waals surface area contributed by atoms with Crippen molar-refractivity contribution in [1.29, 1.82) is 0 Å². The summed E-state index contributed by atoms with van der Waals surface area (Å²) in [7, 11) is 0. The van der Waals surface area contributed by atoms with Crippen LogP contribution >= 0.6 is 15.9 Å². The molecule has 17 heavy (non-hydrogen) atoms. The quantitative estimate of drug-likeness (QED) is 0.889. The van der Waals surface area contributed by atoms with Crippen molar-refractivity contribution >= 4 is 21.8 Å². The molecule has 1 N–H and O–H groups in total. The molecule has 4 heteroatoms. The van der Waals surface area contributed by atoms with Crippen LogP contribution in [-0.2, 0) is 0 Å². The SMILES string of the molecule is Cc1c(Br)ccc(F)c1C(=O)NC1CCCC1. The Hall–Kier alpha value is -0.900. The van der Waals surface area contributed by atoms with Gasteiger partial charge in [-0.2, -0.15) is 0 Å². The van der Waals surface area contributed by atoms with Crippen LogP contribution in [0.25, 0.3) is 0 Å².